The van der Waals surface area contributed by atoms with Crippen LogP contribution in [0.5, 0.6) is 0 Å². The predicted molar refractivity (Wildman–Crippen MR) is 42.6 cm³/mol. The van der Waals surface area contributed by atoms with Crippen molar-refractivity contribution in [2.75, 3.05) is 33.0 Å². The lowest BCUT2D eigenvalue weighted by Crippen LogP contribution is -2.44. The zero-order valence-electron chi connectivity index (χ0n) is 6.91. The Hall–Kier alpha value is -0.650. The van der Waals surface area contributed by atoms with Gasteiger partial charge in [0.05, 0.1) is 25.9 Å². The van der Waals surface area contributed by atoms with Crippen LogP contribution in [0.4, 0.5) is 0 Å². The molecule has 5 heteroatoms. The summed E-state index contributed by atoms with van der Waals surface area (Å²) in [6, 6.07) is 0.193. The Labute approximate surface area is 71.2 Å². The van der Waals surface area contributed by atoms with Crippen molar-refractivity contribution in [2.45, 2.75) is 6.04 Å². The summed E-state index contributed by atoms with van der Waals surface area (Å²) < 4.78 is 10.2. The van der Waals surface area contributed by atoms with Crippen molar-refractivity contribution in [1.29, 1.82) is 0 Å². The Morgan fingerprint density at radius 3 is 3.17 bits per heavy atom. The van der Waals surface area contributed by atoms with Crippen LogP contribution < -0.4 is 11.1 Å². The summed E-state index contributed by atoms with van der Waals surface area (Å²) in [6.07, 6.45) is 0. The van der Waals surface area contributed by atoms with Crippen LogP contribution in [0, 0.1) is 0 Å². The number of hydrogen-bond donors (Lipinski definition) is 2. The molecule has 1 amide bonds. The van der Waals surface area contributed by atoms with E-state index in [0.29, 0.717) is 13.2 Å². The number of morpholine rings is 1. The van der Waals surface area contributed by atoms with E-state index in [-0.39, 0.29) is 12.6 Å². The van der Waals surface area contributed by atoms with Crippen LogP contribution in [0.25, 0.3) is 0 Å². The van der Waals surface area contributed by atoms with Gasteiger partial charge in [0.2, 0.25) is 5.91 Å². The van der Waals surface area contributed by atoms with Gasteiger partial charge in [0.25, 0.3) is 0 Å². The summed E-state index contributed by atoms with van der Waals surface area (Å²) in [7, 11) is 0. The average Bonchev–Trinajstić information content (AvgIpc) is 2.05. The molecule has 1 heterocycles. The van der Waals surface area contributed by atoms with Gasteiger partial charge in [-0.25, -0.2) is 0 Å². The Kier molecular flexibility index (Phi) is 3.99. The van der Waals surface area contributed by atoms with Crippen LogP contribution in [-0.4, -0.2) is 44.9 Å². The van der Waals surface area contributed by atoms with Crippen molar-refractivity contribution in [3.63, 3.8) is 0 Å². The van der Waals surface area contributed by atoms with Crippen molar-refractivity contribution in [3.05, 3.63) is 0 Å². The normalized spacial score (nSPS) is 23.8. The fourth-order valence-corrected chi connectivity index (χ4v) is 1.03. The molecule has 0 aromatic heterocycles. The third-order valence-electron chi connectivity index (χ3n) is 1.56. The van der Waals surface area contributed by atoms with Crippen LogP contribution in [0.2, 0.25) is 0 Å². The van der Waals surface area contributed by atoms with Gasteiger partial charge in [-0.05, 0) is 0 Å². The highest BCUT2D eigenvalue weighted by Crippen LogP contribution is 1.93. The third kappa shape index (κ3) is 3.66. The molecule has 1 rings (SSSR count). The molecule has 70 valence electrons. The maximum Gasteiger partial charge on any atom is 0.243 e. The Balaban J connectivity index is 2.01. The molecule has 1 fully saturated rings. The molecule has 0 saturated carbocycles. The van der Waals surface area contributed by atoms with Crippen molar-refractivity contribution >= 4 is 5.91 Å². The second kappa shape index (κ2) is 5.08. The molecule has 5 nitrogen and oxygen atoms in total. The standard InChI is InChI=1S/C7H14N2O3/c8-7(10)5-12-4-6-3-11-2-1-9-6/h6,9H,1-5H2,(H2,8,10). The lowest BCUT2D eigenvalue weighted by molar-refractivity contribution is -0.123. The van der Waals surface area contributed by atoms with Crippen molar-refractivity contribution in [1.82, 2.24) is 5.32 Å². The zero-order chi connectivity index (χ0) is 8.81. The van der Waals surface area contributed by atoms with Crippen LogP contribution in [-0.2, 0) is 14.3 Å². The topological polar surface area (TPSA) is 73.6 Å². The molecule has 0 aromatic carbocycles. The van der Waals surface area contributed by atoms with E-state index in [2.05, 4.69) is 5.32 Å². The molecule has 12 heavy (non-hydrogen) atoms. The van der Waals surface area contributed by atoms with Crippen LogP contribution >= 0.6 is 0 Å². The molecule has 0 bridgehead atoms. The van der Waals surface area contributed by atoms with Gasteiger partial charge in [-0.1, -0.05) is 0 Å². The van der Waals surface area contributed by atoms with Crippen molar-refractivity contribution in [3.8, 4) is 0 Å². The molecular formula is C7H14N2O3. The smallest absolute Gasteiger partial charge is 0.243 e. The fourth-order valence-electron chi connectivity index (χ4n) is 1.03. The van der Waals surface area contributed by atoms with Gasteiger partial charge in [0.1, 0.15) is 6.61 Å². The number of amides is 1. The monoisotopic (exact) mass is 174 g/mol. The molecule has 0 spiro atoms. The van der Waals surface area contributed by atoms with Gasteiger partial charge in [-0.3, -0.25) is 4.79 Å². The van der Waals surface area contributed by atoms with E-state index >= 15 is 0 Å². The lowest BCUT2D eigenvalue weighted by atomic mass is 10.3. The number of ether oxygens (including phenoxy) is 2. The first kappa shape index (κ1) is 9.44. The largest absolute Gasteiger partial charge is 0.378 e. The van der Waals surface area contributed by atoms with E-state index in [0.717, 1.165) is 13.2 Å². The van der Waals surface area contributed by atoms with Gasteiger partial charge in [-0.2, -0.15) is 0 Å². The number of nitrogens with two attached hydrogens (primary N) is 1. The average molecular weight is 174 g/mol. The Morgan fingerprint density at radius 1 is 1.75 bits per heavy atom. The van der Waals surface area contributed by atoms with Gasteiger partial charge in [0, 0.05) is 6.54 Å². The van der Waals surface area contributed by atoms with E-state index in [1.54, 1.807) is 0 Å². The number of hydrogen-bond acceptors (Lipinski definition) is 4. The molecule has 1 saturated heterocycles. The molecule has 1 aliphatic heterocycles. The van der Waals surface area contributed by atoms with Gasteiger partial charge >= 0.3 is 0 Å². The van der Waals surface area contributed by atoms with Gasteiger partial charge < -0.3 is 20.5 Å². The first-order chi connectivity index (χ1) is 5.79. The number of carbonyl (C=O) groups excluding carboxylic acids is 1. The van der Waals surface area contributed by atoms with E-state index < -0.39 is 5.91 Å². The quantitative estimate of drug-likeness (QED) is 0.542. The Morgan fingerprint density at radius 2 is 2.58 bits per heavy atom. The van der Waals surface area contributed by atoms with Crippen molar-refractivity contribution < 1.29 is 14.3 Å². The second-order valence-corrected chi connectivity index (χ2v) is 2.71. The zero-order valence-corrected chi connectivity index (χ0v) is 6.91. The Bertz CT molecular complexity index is 146. The summed E-state index contributed by atoms with van der Waals surface area (Å²) >= 11 is 0. The maximum absolute atomic E-state index is 10.3. The first-order valence-electron chi connectivity index (χ1n) is 3.96. The third-order valence-corrected chi connectivity index (χ3v) is 1.56. The van der Waals surface area contributed by atoms with Crippen LogP contribution in [0.1, 0.15) is 0 Å². The molecule has 0 aliphatic carbocycles. The molecule has 0 radical (unpaired) electrons. The fraction of sp³-hybridized carbons (Fsp3) is 0.857. The number of primary amides is 1. The first-order valence-corrected chi connectivity index (χ1v) is 3.96. The summed E-state index contributed by atoms with van der Waals surface area (Å²) in [5, 5.41) is 3.19. The number of rotatable bonds is 4. The number of nitrogens with one attached hydrogen (secondary N) is 1. The summed E-state index contributed by atoms with van der Waals surface area (Å²) in [5.41, 5.74) is 4.89. The highest BCUT2D eigenvalue weighted by Gasteiger charge is 2.12. The van der Waals surface area contributed by atoms with Gasteiger partial charge in [-0.15, -0.1) is 0 Å². The minimum atomic E-state index is -0.438. The summed E-state index contributed by atoms with van der Waals surface area (Å²) in [5.74, 6) is -0.438. The highest BCUT2D eigenvalue weighted by atomic mass is 16.5. The molecule has 0 aromatic rings. The minimum absolute atomic E-state index is 0.0157. The molecule has 1 aliphatic rings. The lowest BCUT2D eigenvalue weighted by Gasteiger charge is -2.23. The van der Waals surface area contributed by atoms with E-state index in [1.807, 2.05) is 0 Å². The summed E-state index contributed by atoms with van der Waals surface area (Å²) in [6.45, 7) is 2.68. The second-order valence-electron chi connectivity index (χ2n) is 2.71. The predicted octanol–water partition coefficient (Wildman–Crippen LogP) is -1.52. The summed E-state index contributed by atoms with van der Waals surface area (Å²) in [4.78, 5) is 10.3. The van der Waals surface area contributed by atoms with Crippen LogP contribution in [0.15, 0.2) is 0 Å². The molecular weight excluding hydrogens is 160 g/mol. The van der Waals surface area contributed by atoms with Gasteiger partial charge in [0.15, 0.2) is 0 Å². The van der Waals surface area contributed by atoms with E-state index in [4.69, 9.17) is 15.2 Å². The van der Waals surface area contributed by atoms with Crippen LogP contribution in [0.3, 0.4) is 0 Å². The molecule has 1 unspecified atom stereocenters. The van der Waals surface area contributed by atoms with E-state index in [1.165, 1.54) is 0 Å². The molecule has 3 N–H and O–H groups in total. The number of carbonyl (C=O) groups is 1. The minimum Gasteiger partial charge on any atom is -0.378 e. The van der Waals surface area contributed by atoms with Crippen molar-refractivity contribution in [2.24, 2.45) is 5.73 Å². The highest BCUT2D eigenvalue weighted by molar-refractivity contribution is 5.74. The SMILES string of the molecule is NC(=O)COCC1COCCN1. The molecule has 1 atom stereocenters. The maximum atomic E-state index is 10.3. The van der Waals surface area contributed by atoms with E-state index in [9.17, 15) is 4.79 Å².